The Morgan fingerprint density at radius 3 is 2.45 bits per heavy atom. The van der Waals surface area contributed by atoms with Crippen LogP contribution in [0.15, 0.2) is 18.3 Å². The van der Waals surface area contributed by atoms with E-state index in [0.29, 0.717) is 5.54 Å². The third kappa shape index (κ3) is 2.12. The van der Waals surface area contributed by atoms with Crippen LogP contribution in [0.2, 0.25) is 0 Å². The Balaban J connectivity index is 1.49. The summed E-state index contributed by atoms with van der Waals surface area (Å²) in [4.78, 5) is 4.30. The van der Waals surface area contributed by atoms with Crippen molar-refractivity contribution in [3.8, 4) is 5.88 Å². The van der Waals surface area contributed by atoms with Gasteiger partial charge in [-0.05, 0) is 62.3 Å². The molecule has 108 valence electrons. The van der Waals surface area contributed by atoms with E-state index >= 15 is 0 Å². The number of hydrogen-bond acceptors (Lipinski definition) is 3. The van der Waals surface area contributed by atoms with Crippen LogP contribution in [0.3, 0.4) is 0 Å². The molecule has 1 aromatic heterocycles. The molecule has 4 saturated carbocycles. The zero-order valence-corrected chi connectivity index (χ0v) is 12.3. The average molecular weight is 272 g/mol. The Kier molecular flexibility index (Phi) is 2.99. The maximum atomic E-state index is 5.37. The summed E-state index contributed by atoms with van der Waals surface area (Å²) in [5, 5.41) is 3.90. The molecule has 1 aromatic rings. The Bertz CT molecular complexity index is 464. The van der Waals surface area contributed by atoms with Crippen LogP contribution < -0.4 is 10.1 Å². The average Bonchev–Trinajstić information content (AvgIpc) is 2.44. The van der Waals surface area contributed by atoms with Crippen LogP contribution in [0, 0.1) is 17.8 Å². The van der Waals surface area contributed by atoms with Gasteiger partial charge in [-0.25, -0.2) is 4.98 Å². The standard InChI is InChI=1S/C17H24N2O/c1-20-16-15(3-2-4-18-16)11-19-17-8-12-5-13(9-17)7-14(6-12)10-17/h2-4,12-14,19H,5-11H2,1H3. The molecule has 4 aliphatic rings. The summed E-state index contributed by atoms with van der Waals surface area (Å²) in [7, 11) is 1.70. The summed E-state index contributed by atoms with van der Waals surface area (Å²) in [6.45, 7) is 0.892. The van der Waals surface area contributed by atoms with E-state index in [1.54, 1.807) is 13.3 Å². The molecule has 0 spiro atoms. The van der Waals surface area contributed by atoms with Crippen molar-refractivity contribution < 1.29 is 4.74 Å². The fourth-order valence-corrected chi connectivity index (χ4v) is 5.35. The predicted molar refractivity (Wildman–Crippen MR) is 78.5 cm³/mol. The number of hydrogen-bond donors (Lipinski definition) is 1. The van der Waals surface area contributed by atoms with Gasteiger partial charge in [0.15, 0.2) is 0 Å². The number of ether oxygens (including phenoxy) is 1. The molecule has 1 heterocycles. The molecule has 20 heavy (non-hydrogen) atoms. The molecule has 1 N–H and O–H groups in total. The highest BCUT2D eigenvalue weighted by Gasteiger charge is 2.50. The number of aromatic nitrogens is 1. The highest BCUT2D eigenvalue weighted by Crippen LogP contribution is 2.55. The molecule has 0 amide bonds. The largest absolute Gasteiger partial charge is 0.481 e. The molecule has 3 heteroatoms. The van der Waals surface area contributed by atoms with Gasteiger partial charge in [0.1, 0.15) is 0 Å². The number of methoxy groups -OCH3 is 1. The lowest BCUT2D eigenvalue weighted by molar-refractivity contribution is -0.0206. The first kappa shape index (κ1) is 12.6. The van der Waals surface area contributed by atoms with Crippen LogP contribution in [0.1, 0.15) is 44.1 Å². The van der Waals surface area contributed by atoms with Crippen molar-refractivity contribution in [3.05, 3.63) is 23.9 Å². The fraction of sp³-hybridized carbons (Fsp3) is 0.706. The van der Waals surface area contributed by atoms with Gasteiger partial charge in [-0.3, -0.25) is 0 Å². The second kappa shape index (κ2) is 4.73. The van der Waals surface area contributed by atoms with Crippen molar-refractivity contribution in [2.75, 3.05) is 7.11 Å². The minimum absolute atomic E-state index is 0.412. The Labute approximate surface area is 121 Å². The summed E-state index contributed by atoms with van der Waals surface area (Å²) in [6, 6.07) is 4.12. The van der Waals surface area contributed by atoms with Gasteiger partial charge in [-0.1, -0.05) is 6.07 Å². The molecule has 0 saturated heterocycles. The third-order valence-electron chi connectivity index (χ3n) is 5.74. The van der Waals surface area contributed by atoms with Crippen LogP contribution in [0.4, 0.5) is 0 Å². The van der Waals surface area contributed by atoms with E-state index in [9.17, 15) is 0 Å². The second-order valence-electron chi connectivity index (χ2n) is 7.22. The van der Waals surface area contributed by atoms with E-state index < -0.39 is 0 Å². The molecule has 0 unspecified atom stereocenters. The fourth-order valence-electron chi connectivity index (χ4n) is 5.35. The molecular weight excluding hydrogens is 248 g/mol. The van der Waals surface area contributed by atoms with Crippen LogP contribution in [-0.2, 0) is 6.54 Å². The van der Waals surface area contributed by atoms with E-state index in [-0.39, 0.29) is 0 Å². The minimum atomic E-state index is 0.412. The Morgan fingerprint density at radius 2 is 1.85 bits per heavy atom. The summed E-state index contributed by atoms with van der Waals surface area (Å²) in [6.07, 6.45) is 10.5. The maximum absolute atomic E-state index is 5.37. The smallest absolute Gasteiger partial charge is 0.217 e. The first-order valence-electron chi connectivity index (χ1n) is 7.99. The summed E-state index contributed by atoms with van der Waals surface area (Å²) in [5.74, 6) is 3.74. The van der Waals surface area contributed by atoms with E-state index in [4.69, 9.17) is 4.74 Å². The van der Waals surface area contributed by atoms with Crippen molar-refractivity contribution in [1.29, 1.82) is 0 Å². The zero-order valence-electron chi connectivity index (χ0n) is 12.3. The number of pyridine rings is 1. The monoisotopic (exact) mass is 272 g/mol. The topological polar surface area (TPSA) is 34.1 Å². The van der Waals surface area contributed by atoms with Gasteiger partial charge in [0.05, 0.1) is 7.11 Å². The van der Waals surface area contributed by atoms with Gasteiger partial charge < -0.3 is 10.1 Å². The van der Waals surface area contributed by atoms with Crippen LogP contribution in [-0.4, -0.2) is 17.6 Å². The quantitative estimate of drug-likeness (QED) is 0.914. The molecule has 4 fully saturated rings. The van der Waals surface area contributed by atoms with Crippen molar-refractivity contribution >= 4 is 0 Å². The summed E-state index contributed by atoms with van der Waals surface area (Å²) >= 11 is 0. The van der Waals surface area contributed by atoms with Gasteiger partial charge >= 0.3 is 0 Å². The van der Waals surface area contributed by atoms with Crippen molar-refractivity contribution in [1.82, 2.24) is 10.3 Å². The second-order valence-corrected chi connectivity index (χ2v) is 7.22. The molecule has 0 atom stereocenters. The molecular formula is C17H24N2O. The number of nitrogens with zero attached hydrogens (tertiary/aromatic N) is 1. The SMILES string of the molecule is COc1ncccc1CNC12CC3CC(CC(C3)C1)C2. The Morgan fingerprint density at radius 1 is 1.20 bits per heavy atom. The van der Waals surface area contributed by atoms with Gasteiger partial charge in [-0.2, -0.15) is 0 Å². The molecule has 4 bridgehead atoms. The van der Waals surface area contributed by atoms with Crippen LogP contribution in [0.5, 0.6) is 5.88 Å². The predicted octanol–water partition coefficient (Wildman–Crippen LogP) is 3.15. The maximum Gasteiger partial charge on any atom is 0.217 e. The van der Waals surface area contributed by atoms with Crippen molar-refractivity contribution in [3.63, 3.8) is 0 Å². The Hall–Kier alpha value is -1.09. The lowest BCUT2D eigenvalue weighted by atomic mass is 9.53. The molecule has 0 aromatic carbocycles. The molecule has 3 nitrogen and oxygen atoms in total. The van der Waals surface area contributed by atoms with Crippen molar-refractivity contribution in [2.45, 2.75) is 50.6 Å². The van der Waals surface area contributed by atoms with E-state index in [1.807, 2.05) is 6.07 Å². The van der Waals surface area contributed by atoms with Crippen molar-refractivity contribution in [2.24, 2.45) is 17.8 Å². The molecule has 5 rings (SSSR count). The lowest BCUT2D eigenvalue weighted by Crippen LogP contribution is -2.58. The van der Waals surface area contributed by atoms with Gasteiger partial charge in [0.25, 0.3) is 0 Å². The normalized spacial score (nSPS) is 38.1. The third-order valence-corrected chi connectivity index (χ3v) is 5.74. The van der Waals surface area contributed by atoms with E-state index in [1.165, 1.54) is 44.1 Å². The minimum Gasteiger partial charge on any atom is -0.481 e. The van der Waals surface area contributed by atoms with Gasteiger partial charge in [-0.15, -0.1) is 0 Å². The van der Waals surface area contributed by atoms with E-state index in [2.05, 4.69) is 16.4 Å². The first-order chi connectivity index (χ1) is 9.76. The van der Waals surface area contributed by atoms with E-state index in [0.717, 1.165) is 30.2 Å². The highest BCUT2D eigenvalue weighted by atomic mass is 16.5. The molecule has 4 aliphatic carbocycles. The lowest BCUT2D eigenvalue weighted by Gasteiger charge is -2.57. The summed E-state index contributed by atoms with van der Waals surface area (Å²) in [5.41, 5.74) is 1.60. The number of nitrogens with one attached hydrogen (secondary N) is 1. The van der Waals surface area contributed by atoms with Gasteiger partial charge in [0, 0.05) is 23.8 Å². The van der Waals surface area contributed by atoms with Crippen LogP contribution in [0.25, 0.3) is 0 Å². The first-order valence-corrected chi connectivity index (χ1v) is 7.99. The zero-order chi connectivity index (χ0) is 13.6. The van der Waals surface area contributed by atoms with Gasteiger partial charge in [0.2, 0.25) is 5.88 Å². The highest BCUT2D eigenvalue weighted by molar-refractivity contribution is 5.25. The summed E-state index contributed by atoms with van der Waals surface area (Å²) < 4.78 is 5.37. The molecule has 0 aliphatic heterocycles. The van der Waals surface area contributed by atoms with Crippen LogP contribution >= 0.6 is 0 Å². The number of rotatable bonds is 4. The molecule has 0 radical (unpaired) electrons.